The molecule has 1 aliphatic carbocycles. The van der Waals surface area contributed by atoms with Crippen LogP contribution in [0.5, 0.6) is 0 Å². The largest absolute Gasteiger partial charge is 0.354 e. The zero-order valence-corrected chi connectivity index (χ0v) is 10.5. The highest BCUT2D eigenvalue weighted by Crippen LogP contribution is 2.27. The zero-order valence-electron chi connectivity index (χ0n) is 10.5. The fraction of sp³-hybridized carbons (Fsp3) is 0.833. The summed E-state index contributed by atoms with van der Waals surface area (Å²) in [6, 6.07) is 0. The third-order valence-electron chi connectivity index (χ3n) is 3.35. The van der Waals surface area contributed by atoms with Crippen molar-refractivity contribution in [2.24, 2.45) is 17.6 Å². The van der Waals surface area contributed by atoms with Gasteiger partial charge >= 0.3 is 0 Å². The average molecular weight is 241 g/mol. The van der Waals surface area contributed by atoms with Crippen molar-refractivity contribution in [3.05, 3.63) is 0 Å². The van der Waals surface area contributed by atoms with E-state index in [4.69, 9.17) is 5.73 Å². The molecule has 5 heteroatoms. The molecule has 1 rings (SSSR count). The van der Waals surface area contributed by atoms with Crippen LogP contribution in [0, 0.1) is 11.8 Å². The molecule has 0 aromatic rings. The molecule has 0 bridgehead atoms. The molecular formula is C12H23N3O2. The summed E-state index contributed by atoms with van der Waals surface area (Å²) in [7, 11) is 0. The van der Waals surface area contributed by atoms with Gasteiger partial charge in [-0.15, -0.1) is 0 Å². The van der Waals surface area contributed by atoms with Crippen LogP contribution >= 0.6 is 0 Å². The minimum absolute atomic E-state index is 0.0269. The van der Waals surface area contributed by atoms with Crippen molar-refractivity contribution >= 4 is 11.8 Å². The normalized spacial score (nSPS) is 24.1. The van der Waals surface area contributed by atoms with Gasteiger partial charge in [0.25, 0.3) is 0 Å². The summed E-state index contributed by atoms with van der Waals surface area (Å²) in [6.07, 6.45) is 4.89. The molecule has 0 aromatic heterocycles. The van der Waals surface area contributed by atoms with Crippen LogP contribution in [-0.2, 0) is 9.59 Å². The Morgan fingerprint density at radius 3 is 2.35 bits per heavy atom. The monoisotopic (exact) mass is 241 g/mol. The van der Waals surface area contributed by atoms with Gasteiger partial charge in [-0.3, -0.25) is 9.59 Å². The fourth-order valence-corrected chi connectivity index (χ4v) is 2.10. The lowest BCUT2D eigenvalue weighted by Gasteiger charge is -2.26. The molecular weight excluding hydrogens is 218 g/mol. The van der Waals surface area contributed by atoms with Crippen LogP contribution in [0.15, 0.2) is 0 Å². The molecule has 0 unspecified atom stereocenters. The lowest BCUT2D eigenvalue weighted by atomic mass is 9.83. The molecule has 1 saturated carbocycles. The first-order valence-corrected chi connectivity index (χ1v) is 6.35. The number of carbonyl (C=O) groups is 2. The third kappa shape index (κ3) is 5.68. The maximum absolute atomic E-state index is 11.4. The Morgan fingerprint density at radius 2 is 1.76 bits per heavy atom. The minimum atomic E-state index is -0.299. The van der Waals surface area contributed by atoms with Crippen molar-refractivity contribution in [2.75, 3.05) is 19.6 Å². The van der Waals surface area contributed by atoms with Gasteiger partial charge in [0.15, 0.2) is 0 Å². The topological polar surface area (TPSA) is 84.2 Å². The SMILES string of the molecule is CC1CCC(CNC(=O)CNC(=O)CN)CC1. The summed E-state index contributed by atoms with van der Waals surface area (Å²) in [6.45, 7) is 2.95. The van der Waals surface area contributed by atoms with Crippen molar-refractivity contribution < 1.29 is 9.59 Å². The standard InChI is InChI=1S/C12H23N3O2/c1-9-2-4-10(5-3-9)7-14-12(17)8-15-11(16)6-13/h9-10H,2-8,13H2,1H3,(H,14,17)(H,15,16). The number of amides is 2. The van der Waals surface area contributed by atoms with Crippen molar-refractivity contribution in [3.63, 3.8) is 0 Å². The predicted octanol–water partition coefficient (Wildman–Crippen LogP) is 0.00380. The van der Waals surface area contributed by atoms with Crippen LogP contribution in [0.25, 0.3) is 0 Å². The maximum Gasteiger partial charge on any atom is 0.239 e. The number of nitrogens with two attached hydrogens (primary N) is 1. The molecule has 5 nitrogen and oxygen atoms in total. The molecule has 2 amide bonds. The Labute approximate surface area is 103 Å². The number of nitrogens with one attached hydrogen (secondary N) is 2. The lowest BCUT2D eigenvalue weighted by Crippen LogP contribution is -2.41. The van der Waals surface area contributed by atoms with Gasteiger partial charge in [-0.05, 0) is 24.7 Å². The van der Waals surface area contributed by atoms with Gasteiger partial charge < -0.3 is 16.4 Å². The molecule has 4 N–H and O–H groups in total. The second-order valence-corrected chi connectivity index (χ2v) is 4.91. The van der Waals surface area contributed by atoms with Crippen molar-refractivity contribution in [1.82, 2.24) is 10.6 Å². The highest BCUT2D eigenvalue weighted by Gasteiger charge is 2.18. The summed E-state index contributed by atoms with van der Waals surface area (Å²) >= 11 is 0. The van der Waals surface area contributed by atoms with Gasteiger partial charge in [-0.25, -0.2) is 0 Å². The Morgan fingerprint density at radius 1 is 1.12 bits per heavy atom. The molecule has 98 valence electrons. The van der Waals surface area contributed by atoms with Crippen molar-refractivity contribution in [1.29, 1.82) is 0 Å². The summed E-state index contributed by atoms with van der Waals surface area (Å²) < 4.78 is 0. The van der Waals surface area contributed by atoms with E-state index in [0.29, 0.717) is 5.92 Å². The lowest BCUT2D eigenvalue weighted by molar-refractivity contribution is -0.125. The van der Waals surface area contributed by atoms with Gasteiger partial charge in [0, 0.05) is 6.54 Å². The van der Waals surface area contributed by atoms with E-state index in [0.717, 1.165) is 12.5 Å². The predicted molar refractivity (Wildman–Crippen MR) is 66.2 cm³/mol. The van der Waals surface area contributed by atoms with E-state index in [9.17, 15) is 9.59 Å². The first-order valence-electron chi connectivity index (χ1n) is 6.35. The molecule has 0 spiro atoms. The van der Waals surface area contributed by atoms with Crippen LogP contribution in [0.2, 0.25) is 0 Å². The van der Waals surface area contributed by atoms with E-state index in [1.54, 1.807) is 0 Å². The van der Waals surface area contributed by atoms with E-state index in [1.165, 1.54) is 25.7 Å². The van der Waals surface area contributed by atoms with Gasteiger partial charge in [0.1, 0.15) is 0 Å². The quantitative estimate of drug-likeness (QED) is 0.633. The number of rotatable bonds is 5. The van der Waals surface area contributed by atoms with Crippen LogP contribution in [0.4, 0.5) is 0 Å². The molecule has 1 fully saturated rings. The highest BCUT2D eigenvalue weighted by atomic mass is 16.2. The molecule has 0 heterocycles. The van der Waals surface area contributed by atoms with Crippen LogP contribution < -0.4 is 16.4 Å². The number of carbonyl (C=O) groups excluding carboxylic acids is 2. The van der Waals surface area contributed by atoms with E-state index in [1.807, 2.05) is 0 Å². The third-order valence-corrected chi connectivity index (χ3v) is 3.35. The molecule has 0 aromatic carbocycles. The molecule has 0 aliphatic heterocycles. The smallest absolute Gasteiger partial charge is 0.239 e. The van der Waals surface area contributed by atoms with E-state index < -0.39 is 0 Å². The van der Waals surface area contributed by atoms with Gasteiger partial charge in [-0.1, -0.05) is 19.8 Å². The number of hydrogen-bond acceptors (Lipinski definition) is 3. The average Bonchev–Trinajstić information content (AvgIpc) is 2.35. The Kier molecular flexibility index (Phi) is 5.97. The van der Waals surface area contributed by atoms with Crippen molar-refractivity contribution in [3.8, 4) is 0 Å². The Balaban J connectivity index is 2.09. The Hall–Kier alpha value is -1.10. The molecule has 0 radical (unpaired) electrons. The van der Waals surface area contributed by atoms with E-state index >= 15 is 0 Å². The molecule has 0 atom stereocenters. The highest BCUT2D eigenvalue weighted by molar-refractivity contribution is 5.85. The minimum Gasteiger partial charge on any atom is -0.354 e. The molecule has 0 saturated heterocycles. The molecule has 1 aliphatic rings. The van der Waals surface area contributed by atoms with Gasteiger partial charge in [0.2, 0.25) is 11.8 Å². The fourth-order valence-electron chi connectivity index (χ4n) is 2.10. The zero-order chi connectivity index (χ0) is 12.7. The van der Waals surface area contributed by atoms with Gasteiger partial charge in [0.05, 0.1) is 13.1 Å². The van der Waals surface area contributed by atoms with E-state index in [2.05, 4.69) is 17.6 Å². The van der Waals surface area contributed by atoms with Crippen LogP contribution in [0.1, 0.15) is 32.6 Å². The van der Waals surface area contributed by atoms with Crippen molar-refractivity contribution in [2.45, 2.75) is 32.6 Å². The van der Waals surface area contributed by atoms with Crippen LogP contribution in [-0.4, -0.2) is 31.4 Å². The van der Waals surface area contributed by atoms with Crippen LogP contribution in [0.3, 0.4) is 0 Å². The maximum atomic E-state index is 11.4. The summed E-state index contributed by atoms with van der Waals surface area (Å²) in [5, 5.41) is 5.30. The Bertz CT molecular complexity index is 260. The van der Waals surface area contributed by atoms with Gasteiger partial charge in [-0.2, -0.15) is 0 Å². The van der Waals surface area contributed by atoms with E-state index in [-0.39, 0.29) is 24.9 Å². The summed E-state index contributed by atoms with van der Waals surface area (Å²) in [5.41, 5.74) is 5.12. The summed E-state index contributed by atoms with van der Waals surface area (Å²) in [5.74, 6) is 0.989. The second-order valence-electron chi connectivity index (χ2n) is 4.91. The first-order chi connectivity index (χ1) is 8.11. The molecule has 17 heavy (non-hydrogen) atoms. The number of hydrogen-bond donors (Lipinski definition) is 3. The second kappa shape index (κ2) is 7.27. The summed E-state index contributed by atoms with van der Waals surface area (Å²) in [4.78, 5) is 22.2. The first kappa shape index (κ1) is 14.0.